The van der Waals surface area contributed by atoms with Crippen LogP contribution >= 0.6 is 0 Å². The normalized spacial score (nSPS) is 14.0. The monoisotopic (exact) mass is 358 g/mol. The van der Waals surface area contributed by atoms with Crippen molar-refractivity contribution >= 4 is 17.5 Å². The third-order valence-corrected chi connectivity index (χ3v) is 3.85. The van der Waals surface area contributed by atoms with Gasteiger partial charge in [-0.05, 0) is 24.3 Å². The second kappa shape index (κ2) is 9.07. The van der Waals surface area contributed by atoms with Crippen LogP contribution in [-0.4, -0.2) is 46.3 Å². The Labute approximate surface area is 152 Å². The second-order valence-electron chi connectivity index (χ2n) is 5.66. The third-order valence-electron chi connectivity index (χ3n) is 3.85. The van der Waals surface area contributed by atoms with Gasteiger partial charge in [-0.1, -0.05) is 18.2 Å². The number of rotatable bonds is 6. The van der Waals surface area contributed by atoms with Crippen molar-refractivity contribution in [3.63, 3.8) is 0 Å². The Morgan fingerprint density at radius 3 is 2.62 bits per heavy atom. The minimum Gasteiger partial charge on any atom is -0.467 e. The van der Waals surface area contributed by atoms with E-state index in [9.17, 15) is 4.79 Å². The number of benzene rings is 2. The fourth-order valence-electron chi connectivity index (χ4n) is 2.64. The van der Waals surface area contributed by atoms with Gasteiger partial charge in [0.05, 0.1) is 24.6 Å². The van der Waals surface area contributed by atoms with Gasteiger partial charge < -0.3 is 23.8 Å². The van der Waals surface area contributed by atoms with E-state index in [-0.39, 0.29) is 6.79 Å². The number of morpholine rings is 1. The topological polar surface area (TPSA) is 69.3 Å². The van der Waals surface area contributed by atoms with Crippen LogP contribution in [0.2, 0.25) is 0 Å². The number of carbonyl (C=O) groups excluding carboxylic acids is 1. The highest BCUT2D eigenvalue weighted by Crippen LogP contribution is 2.31. The molecule has 1 amide bonds. The number of carbonyl (C=O) groups is 1. The molecule has 0 saturated carbocycles. The van der Waals surface area contributed by atoms with Crippen LogP contribution in [0.4, 0.5) is 16.2 Å². The van der Waals surface area contributed by atoms with Crippen LogP contribution in [0, 0.1) is 0 Å². The van der Waals surface area contributed by atoms with Gasteiger partial charge in [-0.15, -0.1) is 0 Å². The predicted octanol–water partition coefficient (Wildman–Crippen LogP) is 3.12. The van der Waals surface area contributed by atoms with Crippen molar-refractivity contribution in [2.75, 3.05) is 50.4 Å². The summed E-state index contributed by atoms with van der Waals surface area (Å²) in [6.45, 7) is 2.93. The Morgan fingerprint density at radius 2 is 1.88 bits per heavy atom. The first-order valence-corrected chi connectivity index (χ1v) is 8.38. The van der Waals surface area contributed by atoms with Crippen LogP contribution in [0.25, 0.3) is 0 Å². The number of hydrogen-bond donors (Lipinski definition) is 1. The van der Waals surface area contributed by atoms with Gasteiger partial charge >= 0.3 is 6.09 Å². The highest BCUT2D eigenvalue weighted by Gasteiger charge is 2.18. The van der Waals surface area contributed by atoms with Crippen molar-refractivity contribution in [1.82, 2.24) is 0 Å². The van der Waals surface area contributed by atoms with Crippen molar-refractivity contribution < 1.29 is 23.7 Å². The molecule has 0 aliphatic carbocycles. The van der Waals surface area contributed by atoms with Crippen LogP contribution < -0.4 is 19.7 Å². The van der Waals surface area contributed by atoms with Gasteiger partial charge in [0, 0.05) is 26.3 Å². The molecule has 2 aromatic rings. The van der Waals surface area contributed by atoms with Gasteiger partial charge in [0.1, 0.15) is 11.5 Å². The van der Waals surface area contributed by atoms with E-state index in [2.05, 4.69) is 10.2 Å². The van der Waals surface area contributed by atoms with Crippen molar-refractivity contribution in [3.8, 4) is 11.5 Å². The number of methoxy groups -OCH3 is 1. The molecule has 1 aliphatic heterocycles. The average Bonchev–Trinajstić information content (AvgIpc) is 2.68. The first-order chi connectivity index (χ1) is 12.8. The molecule has 26 heavy (non-hydrogen) atoms. The van der Waals surface area contributed by atoms with Crippen LogP contribution in [-0.2, 0) is 9.47 Å². The zero-order valence-corrected chi connectivity index (χ0v) is 14.6. The lowest BCUT2D eigenvalue weighted by Crippen LogP contribution is -2.36. The smallest absolute Gasteiger partial charge is 0.417 e. The summed E-state index contributed by atoms with van der Waals surface area (Å²) < 4.78 is 21.1. The molecule has 0 aromatic heterocycles. The number of ether oxygens (including phenoxy) is 4. The number of hydrogen-bond acceptors (Lipinski definition) is 6. The largest absolute Gasteiger partial charge is 0.467 e. The minimum absolute atomic E-state index is 0.130. The lowest BCUT2D eigenvalue weighted by atomic mass is 10.2. The molecule has 3 rings (SSSR count). The van der Waals surface area contributed by atoms with E-state index in [0.29, 0.717) is 30.4 Å². The number of nitrogens with one attached hydrogen (secondary N) is 1. The maximum atomic E-state index is 12.3. The summed E-state index contributed by atoms with van der Waals surface area (Å²) in [7, 11) is 1.55. The van der Waals surface area contributed by atoms with E-state index in [0.717, 1.165) is 18.8 Å². The van der Waals surface area contributed by atoms with E-state index in [1.54, 1.807) is 37.4 Å². The van der Waals surface area contributed by atoms with Gasteiger partial charge in [-0.2, -0.15) is 0 Å². The van der Waals surface area contributed by atoms with E-state index in [1.165, 1.54) is 0 Å². The van der Waals surface area contributed by atoms with E-state index < -0.39 is 6.09 Å². The summed E-state index contributed by atoms with van der Waals surface area (Å²) in [4.78, 5) is 14.5. The molecule has 0 radical (unpaired) electrons. The summed E-state index contributed by atoms with van der Waals surface area (Å²) in [5.74, 6) is 1.07. The summed E-state index contributed by atoms with van der Waals surface area (Å²) >= 11 is 0. The lowest BCUT2D eigenvalue weighted by Gasteiger charge is -2.30. The Kier molecular flexibility index (Phi) is 6.29. The summed E-state index contributed by atoms with van der Waals surface area (Å²) in [5.41, 5.74) is 1.50. The molecule has 2 aromatic carbocycles. The van der Waals surface area contributed by atoms with Gasteiger partial charge in [0.25, 0.3) is 0 Å². The highest BCUT2D eigenvalue weighted by atomic mass is 16.7. The Balaban J connectivity index is 1.77. The molecule has 1 aliphatic rings. The van der Waals surface area contributed by atoms with Crippen LogP contribution in [0.1, 0.15) is 0 Å². The molecule has 1 fully saturated rings. The standard InChI is InChI=1S/C19H22N2O5/c1-23-14-25-16-7-8-18(21-9-11-24-12-10-21)17(13-16)20-19(22)26-15-5-3-2-4-6-15/h2-8,13H,9-12,14H2,1H3,(H,20,22). The van der Waals surface area contributed by atoms with Gasteiger partial charge in [-0.25, -0.2) is 4.79 Å². The molecule has 0 atom stereocenters. The van der Waals surface area contributed by atoms with Crippen molar-refractivity contribution in [2.24, 2.45) is 0 Å². The fourth-order valence-corrected chi connectivity index (χ4v) is 2.64. The maximum absolute atomic E-state index is 12.3. The molecule has 0 spiro atoms. The van der Waals surface area contributed by atoms with Crippen LogP contribution in [0.3, 0.4) is 0 Å². The molecule has 138 valence electrons. The SMILES string of the molecule is COCOc1ccc(N2CCOCC2)c(NC(=O)Oc2ccccc2)c1. The first-order valence-electron chi connectivity index (χ1n) is 8.38. The quantitative estimate of drug-likeness (QED) is 0.800. The van der Waals surface area contributed by atoms with E-state index in [1.807, 2.05) is 18.2 Å². The zero-order valence-electron chi connectivity index (χ0n) is 14.6. The Bertz CT molecular complexity index is 717. The van der Waals surface area contributed by atoms with Gasteiger partial charge in [0.15, 0.2) is 6.79 Å². The number of para-hydroxylation sites is 1. The van der Waals surface area contributed by atoms with Crippen molar-refractivity contribution in [3.05, 3.63) is 48.5 Å². The van der Waals surface area contributed by atoms with Gasteiger partial charge in [-0.3, -0.25) is 5.32 Å². The Morgan fingerprint density at radius 1 is 1.12 bits per heavy atom. The summed E-state index contributed by atoms with van der Waals surface area (Å²) in [6, 6.07) is 14.4. The minimum atomic E-state index is -0.561. The maximum Gasteiger partial charge on any atom is 0.417 e. The first kappa shape index (κ1) is 18.0. The molecule has 7 heteroatoms. The number of nitrogens with zero attached hydrogens (tertiary/aromatic N) is 1. The Hall–Kier alpha value is -2.77. The highest BCUT2D eigenvalue weighted by molar-refractivity contribution is 5.91. The molecule has 1 saturated heterocycles. The molecular formula is C19H22N2O5. The fraction of sp³-hybridized carbons (Fsp3) is 0.316. The average molecular weight is 358 g/mol. The van der Waals surface area contributed by atoms with Crippen LogP contribution in [0.5, 0.6) is 11.5 Å². The third kappa shape index (κ3) is 4.87. The summed E-state index contributed by atoms with van der Waals surface area (Å²) in [6.07, 6.45) is -0.561. The number of anilines is 2. The molecule has 7 nitrogen and oxygen atoms in total. The molecule has 0 unspecified atom stereocenters. The number of amides is 1. The predicted molar refractivity (Wildman–Crippen MR) is 98.1 cm³/mol. The lowest BCUT2D eigenvalue weighted by molar-refractivity contribution is 0.0512. The summed E-state index contributed by atoms with van der Waals surface area (Å²) in [5, 5.41) is 2.81. The van der Waals surface area contributed by atoms with Crippen molar-refractivity contribution in [1.29, 1.82) is 0 Å². The van der Waals surface area contributed by atoms with E-state index >= 15 is 0 Å². The molecule has 0 bridgehead atoms. The van der Waals surface area contributed by atoms with E-state index in [4.69, 9.17) is 18.9 Å². The molecule has 1 heterocycles. The van der Waals surface area contributed by atoms with Crippen molar-refractivity contribution in [2.45, 2.75) is 0 Å². The van der Waals surface area contributed by atoms with Crippen LogP contribution in [0.15, 0.2) is 48.5 Å². The molecular weight excluding hydrogens is 336 g/mol. The second-order valence-corrected chi connectivity index (χ2v) is 5.66. The zero-order chi connectivity index (χ0) is 18.2. The van der Waals surface area contributed by atoms with Gasteiger partial charge in [0.2, 0.25) is 0 Å². The molecule has 1 N–H and O–H groups in total.